The van der Waals surface area contributed by atoms with Gasteiger partial charge in [0.15, 0.2) is 0 Å². The van der Waals surface area contributed by atoms with E-state index < -0.39 is 17.4 Å². The zero-order valence-corrected chi connectivity index (χ0v) is 9.34. The van der Waals surface area contributed by atoms with Gasteiger partial charge in [-0.2, -0.15) is 13.2 Å². The summed E-state index contributed by atoms with van der Waals surface area (Å²) in [5.74, 6) is 0. The highest BCUT2D eigenvalue weighted by atomic mass is 32.1. The maximum Gasteiger partial charge on any atom is 0.419 e. The Morgan fingerprint density at radius 3 is 2.38 bits per heavy atom. The van der Waals surface area contributed by atoms with E-state index in [1.165, 1.54) is 11.4 Å². The first-order chi connectivity index (χ1) is 7.41. The molecule has 1 unspecified atom stereocenters. The van der Waals surface area contributed by atoms with Gasteiger partial charge in [-0.3, -0.25) is 4.84 Å². The van der Waals surface area contributed by atoms with Crippen molar-refractivity contribution in [1.82, 2.24) is 0 Å². The first-order valence-corrected chi connectivity index (χ1v) is 5.20. The predicted molar refractivity (Wildman–Crippen MR) is 52.5 cm³/mol. The molecule has 0 bridgehead atoms. The molecule has 0 amide bonds. The van der Waals surface area contributed by atoms with Gasteiger partial charge in [0.1, 0.15) is 0 Å². The summed E-state index contributed by atoms with van der Waals surface area (Å²) in [5.41, 5.74) is 0. The third kappa shape index (κ3) is 4.47. The van der Waals surface area contributed by atoms with Gasteiger partial charge < -0.3 is 0 Å². The number of halogens is 3. The van der Waals surface area contributed by atoms with E-state index in [1.807, 2.05) is 13.8 Å². The maximum atomic E-state index is 12.2. The van der Waals surface area contributed by atoms with Gasteiger partial charge in [0.2, 0.25) is 6.10 Å². The fourth-order valence-corrected chi connectivity index (χ4v) is 1.57. The Morgan fingerprint density at radius 1 is 1.50 bits per heavy atom. The van der Waals surface area contributed by atoms with E-state index in [1.54, 1.807) is 0 Å². The molecule has 4 nitrogen and oxygen atoms in total. The summed E-state index contributed by atoms with van der Waals surface area (Å²) in [5, 5.41) is 9.78. The van der Waals surface area contributed by atoms with Crippen LogP contribution in [0.5, 0.6) is 0 Å². The average molecular weight is 257 g/mol. The van der Waals surface area contributed by atoms with Crippen molar-refractivity contribution in [2.24, 2.45) is 0 Å². The second-order valence-electron chi connectivity index (χ2n) is 2.27. The summed E-state index contributed by atoms with van der Waals surface area (Å²) >= 11 is 0.750. The van der Waals surface area contributed by atoms with Crippen molar-refractivity contribution in [3.63, 3.8) is 0 Å². The number of hydrogen-bond donors (Lipinski definition) is 0. The van der Waals surface area contributed by atoms with Crippen LogP contribution in [0.4, 0.5) is 13.2 Å². The molecule has 1 aromatic rings. The third-order valence-electron chi connectivity index (χ3n) is 1.29. The molecule has 92 valence electrons. The lowest BCUT2D eigenvalue weighted by Crippen LogP contribution is -2.24. The molecule has 0 aliphatic carbocycles. The summed E-state index contributed by atoms with van der Waals surface area (Å²) < 4.78 is 36.7. The number of thiophene rings is 1. The van der Waals surface area contributed by atoms with Crippen LogP contribution < -0.4 is 0 Å². The Bertz CT molecular complexity index is 313. The van der Waals surface area contributed by atoms with E-state index >= 15 is 0 Å². The summed E-state index contributed by atoms with van der Waals surface area (Å²) in [6, 6.07) is 2.49. The molecule has 8 heteroatoms. The lowest BCUT2D eigenvalue weighted by atomic mass is 10.3. The SMILES string of the molecule is CC.O=[N+]([O-])OC(c1cccs1)C(F)(F)F. The summed E-state index contributed by atoms with van der Waals surface area (Å²) in [4.78, 5) is 13.2. The summed E-state index contributed by atoms with van der Waals surface area (Å²) in [7, 11) is 0. The minimum Gasteiger partial charge on any atom is -0.295 e. The largest absolute Gasteiger partial charge is 0.419 e. The highest BCUT2D eigenvalue weighted by Crippen LogP contribution is 2.37. The van der Waals surface area contributed by atoms with E-state index in [0.29, 0.717) is 0 Å². The van der Waals surface area contributed by atoms with Crippen LogP contribution in [-0.4, -0.2) is 11.3 Å². The molecule has 0 fully saturated rings. The van der Waals surface area contributed by atoms with Crippen LogP contribution in [0.25, 0.3) is 0 Å². The predicted octanol–water partition coefficient (Wildman–Crippen LogP) is 3.59. The fraction of sp³-hybridized carbons (Fsp3) is 0.500. The fourth-order valence-electron chi connectivity index (χ4n) is 0.800. The Balaban J connectivity index is 0.00000106. The molecular weight excluding hydrogens is 247 g/mol. The number of alkyl halides is 3. The van der Waals surface area contributed by atoms with Crippen LogP contribution in [0.1, 0.15) is 24.8 Å². The molecule has 0 radical (unpaired) electrons. The van der Waals surface area contributed by atoms with Crippen LogP contribution >= 0.6 is 11.3 Å². The first-order valence-electron chi connectivity index (χ1n) is 4.32. The number of rotatable bonds is 3. The Labute approximate surface area is 93.8 Å². The zero-order chi connectivity index (χ0) is 12.8. The van der Waals surface area contributed by atoms with E-state index in [0.717, 1.165) is 17.4 Å². The van der Waals surface area contributed by atoms with Crippen molar-refractivity contribution in [1.29, 1.82) is 0 Å². The van der Waals surface area contributed by atoms with Crippen molar-refractivity contribution in [3.05, 3.63) is 32.5 Å². The quantitative estimate of drug-likeness (QED) is 0.614. The second-order valence-corrected chi connectivity index (χ2v) is 3.25. The molecular formula is C8H10F3NO3S. The van der Waals surface area contributed by atoms with Crippen LogP contribution in [0.3, 0.4) is 0 Å². The molecule has 1 aromatic heterocycles. The number of nitrogens with zero attached hydrogens (tertiary/aromatic N) is 1. The van der Waals surface area contributed by atoms with Gasteiger partial charge in [-0.15, -0.1) is 21.5 Å². The average Bonchev–Trinajstić information content (AvgIpc) is 2.68. The lowest BCUT2D eigenvalue weighted by molar-refractivity contribution is -0.778. The van der Waals surface area contributed by atoms with E-state index in [9.17, 15) is 23.3 Å². The van der Waals surface area contributed by atoms with E-state index in [2.05, 4.69) is 4.84 Å². The Morgan fingerprint density at radius 2 is 2.06 bits per heavy atom. The highest BCUT2D eigenvalue weighted by molar-refractivity contribution is 7.10. The van der Waals surface area contributed by atoms with Crippen molar-refractivity contribution < 1.29 is 23.1 Å². The minimum absolute atomic E-state index is 0.241. The molecule has 0 aromatic carbocycles. The highest BCUT2D eigenvalue weighted by Gasteiger charge is 2.44. The standard InChI is InChI=1S/C6H4F3NO3S.C2H6/c7-6(8,9)5(13-10(11)12)4-2-1-3-14-4;1-2/h1-3,5H;1-2H3. The van der Waals surface area contributed by atoms with Crippen LogP contribution in [0, 0.1) is 10.1 Å². The molecule has 0 aliphatic rings. The molecule has 0 saturated carbocycles. The Hall–Kier alpha value is -1.31. The van der Waals surface area contributed by atoms with Gasteiger partial charge >= 0.3 is 6.18 Å². The lowest BCUT2D eigenvalue weighted by Gasteiger charge is -2.16. The third-order valence-corrected chi connectivity index (χ3v) is 2.21. The molecule has 0 N–H and O–H groups in total. The number of hydrogen-bond acceptors (Lipinski definition) is 4. The summed E-state index contributed by atoms with van der Waals surface area (Å²) in [6.45, 7) is 4.00. The molecule has 1 heterocycles. The molecule has 1 atom stereocenters. The maximum absolute atomic E-state index is 12.2. The first kappa shape index (κ1) is 14.7. The summed E-state index contributed by atoms with van der Waals surface area (Å²) in [6.07, 6.45) is -7.27. The van der Waals surface area contributed by atoms with Crippen molar-refractivity contribution in [2.45, 2.75) is 26.1 Å². The minimum atomic E-state index is -4.78. The van der Waals surface area contributed by atoms with E-state index in [-0.39, 0.29) is 4.88 Å². The van der Waals surface area contributed by atoms with Crippen molar-refractivity contribution in [2.75, 3.05) is 0 Å². The molecule has 0 spiro atoms. The van der Waals surface area contributed by atoms with Gasteiger partial charge in [-0.05, 0) is 11.4 Å². The smallest absolute Gasteiger partial charge is 0.295 e. The molecule has 0 saturated heterocycles. The van der Waals surface area contributed by atoms with Gasteiger partial charge in [0.05, 0.1) is 0 Å². The monoisotopic (exact) mass is 257 g/mol. The van der Waals surface area contributed by atoms with Gasteiger partial charge in [-0.25, -0.2) is 0 Å². The van der Waals surface area contributed by atoms with Gasteiger partial charge in [-0.1, -0.05) is 19.9 Å². The normalized spacial score (nSPS) is 12.3. The Kier molecular flexibility index (Phi) is 5.79. The van der Waals surface area contributed by atoms with Crippen LogP contribution in [0.2, 0.25) is 0 Å². The topological polar surface area (TPSA) is 52.4 Å². The zero-order valence-electron chi connectivity index (χ0n) is 8.52. The van der Waals surface area contributed by atoms with Crippen LogP contribution in [-0.2, 0) is 4.84 Å². The van der Waals surface area contributed by atoms with Gasteiger partial charge in [0, 0.05) is 4.88 Å². The van der Waals surface area contributed by atoms with Crippen molar-refractivity contribution in [3.8, 4) is 0 Å². The second kappa shape index (κ2) is 6.31. The van der Waals surface area contributed by atoms with Crippen molar-refractivity contribution >= 4 is 11.3 Å². The van der Waals surface area contributed by atoms with E-state index in [4.69, 9.17) is 0 Å². The molecule has 1 rings (SSSR count). The molecule has 16 heavy (non-hydrogen) atoms. The van der Waals surface area contributed by atoms with Gasteiger partial charge in [0.25, 0.3) is 5.09 Å². The molecule has 0 aliphatic heterocycles. The van der Waals surface area contributed by atoms with Crippen LogP contribution in [0.15, 0.2) is 17.5 Å².